The van der Waals surface area contributed by atoms with E-state index in [-0.39, 0.29) is 0 Å². The summed E-state index contributed by atoms with van der Waals surface area (Å²) in [6.45, 7) is 5.37. The fraction of sp³-hybridized carbons (Fsp3) is 1.00. The molecule has 0 saturated carbocycles. The minimum absolute atomic E-state index is 0.314. The van der Waals surface area contributed by atoms with Crippen LogP contribution >= 0.6 is 12.6 Å². The van der Waals surface area contributed by atoms with Crippen LogP contribution < -0.4 is 0 Å². The highest BCUT2D eigenvalue weighted by molar-refractivity contribution is 7.80. The van der Waals surface area contributed by atoms with Crippen molar-refractivity contribution in [3.8, 4) is 0 Å². The molecule has 10 heavy (non-hydrogen) atoms. The summed E-state index contributed by atoms with van der Waals surface area (Å²) in [6.07, 6.45) is 0. The van der Waals surface area contributed by atoms with E-state index in [0.29, 0.717) is 5.37 Å². The Kier molecular flexibility index (Phi) is 2.97. The minimum atomic E-state index is 0.314. The quantitative estimate of drug-likeness (QED) is 0.542. The van der Waals surface area contributed by atoms with Gasteiger partial charge in [-0.05, 0) is 6.92 Å². The van der Waals surface area contributed by atoms with E-state index in [2.05, 4.69) is 24.5 Å². The molecule has 0 amide bonds. The summed E-state index contributed by atoms with van der Waals surface area (Å²) in [7, 11) is 0. The lowest BCUT2D eigenvalue weighted by atomic mass is 10.3. The van der Waals surface area contributed by atoms with Crippen molar-refractivity contribution in [3.63, 3.8) is 0 Å². The zero-order valence-electron chi connectivity index (χ0n) is 6.19. The molecule has 0 bridgehead atoms. The molecule has 1 atom stereocenters. The van der Waals surface area contributed by atoms with Crippen molar-refractivity contribution in [2.45, 2.75) is 12.3 Å². The van der Waals surface area contributed by atoms with E-state index < -0.39 is 0 Å². The van der Waals surface area contributed by atoms with Crippen molar-refractivity contribution in [2.75, 3.05) is 26.2 Å². The highest BCUT2D eigenvalue weighted by Crippen LogP contribution is 2.06. The van der Waals surface area contributed by atoms with Crippen molar-refractivity contribution in [2.24, 2.45) is 0 Å². The zero-order chi connectivity index (χ0) is 7.56. The Hall–Kier alpha value is 0.230. The molecule has 0 radical (unpaired) electrons. The number of hydroxylamine groups is 2. The average molecular weight is 162 g/mol. The van der Waals surface area contributed by atoms with E-state index in [1.807, 2.05) is 0 Å². The molecule has 60 valence electrons. The molecule has 0 aromatic heterocycles. The fourth-order valence-corrected chi connectivity index (χ4v) is 1.32. The second-order valence-electron chi connectivity index (χ2n) is 2.62. The van der Waals surface area contributed by atoms with Gasteiger partial charge in [-0.25, -0.2) is 0 Å². The van der Waals surface area contributed by atoms with Crippen LogP contribution in [0.3, 0.4) is 0 Å². The molecule has 1 aliphatic rings. The van der Waals surface area contributed by atoms with Gasteiger partial charge in [0.2, 0.25) is 0 Å². The molecule has 0 aliphatic carbocycles. The van der Waals surface area contributed by atoms with Crippen molar-refractivity contribution >= 4 is 12.6 Å². The van der Waals surface area contributed by atoms with Gasteiger partial charge in [0, 0.05) is 31.6 Å². The molecule has 1 heterocycles. The Morgan fingerprint density at radius 1 is 1.30 bits per heavy atom. The van der Waals surface area contributed by atoms with Gasteiger partial charge >= 0.3 is 0 Å². The van der Waals surface area contributed by atoms with Gasteiger partial charge in [0.25, 0.3) is 0 Å². The number of hydrogen-bond acceptors (Lipinski definition) is 4. The SMILES string of the molecule is CC(S)N1CCN(O)CC1. The van der Waals surface area contributed by atoms with Crippen LogP contribution in [0.5, 0.6) is 0 Å². The molecular formula is C6H14N2OS. The van der Waals surface area contributed by atoms with Crippen LogP contribution in [0.25, 0.3) is 0 Å². The molecule has 1 N–H and O–H groups in total. The summed E-state index contributed by atoms with van der Waals surface area (Å²) in [6, 6.07) is 0. The monoisotopic (exact) mass is 162 g/mol. The number of thiol groups is 1. The Morgan fingerprint density at radius 2 is 1.80 bits per heavy atom. The van der Waals surface area contributed by atoms with Gasteiger partial charge < -0.3 is 5.21 Å². The van der Waals surface area contributed by atoms with Crippen molar-refractivity contribution < 1.29 is 5.21 Å². The van der Waals surface area contributed by atoms with Gasteiger partial charge in [0.05, 0.1) is 0 Å². The first-order valence-electron chi connectivity index (χ1n) is 3.56. The lowest BCUT2D eigenvalue weighted by Crippen LogP contribution is -2.46. The molecule has 1 saturated heterocycles. The van der Waals surface area contributed by atoms with Gasteiger partial charge in [-0.2, -0.15) is 17.7 Å². The molecule has 3 nitrogen and oxygen atoms in total. The third-order valence-corrected chi connectivity index (χ3v) is 2.15. The maximum atomic E-state index is 8.99. The average Bonchev–Trinajstić information content (AvgIpc) is 1.88. The molecule has 0 spiro atoms. The van der Waals surface area contributed by atoms with Crippen LogP contribution in [0.4, 0.5) is 0 Å². The summed E-state index contributed by atoms with van der Waals surface area (Å²) >= 11 is 4.30. The highest BCUT2D eigenvalue weighted by atomic mass is 32.1. The van der Waals surface area contributed by atoms with Crippen molar-refractivity contribution in [3.05, 3.63) is 0 Å². The Morgan fingerprint density at radius 3 is 2.20 bits per heavy atom. The fourth-order valence-electron chi connectivity index (χ4n) is 1.09. The molecular weight excluding hydrogens is 148 g/mol. The lowest BCUT2D eigenvalue weighted by Gasteiger charge is -2.33. The Bertz CT molecular complexity index is 102. The van der Waals surface area contributed by atoms with Crippen LogP contribution in [0.1, 0.15) is 6.92 Å². The topological polar surface area (TPSA) is 26.7 Å². The van der Waals surface area contributed by atoms with Crippen molar-refractivity contribution in [1.82, 2.24) is 9.96 Å². The van der Waals surface area contributed by atoms with Gasteiger partial charge in [0.15, 0.2) is 0 Å². The second-order valence-corrected chi connectivity index (χ2v) is 3.37. The lowest BCUT2D eigenvalue weighted by molar-refractivity contribution is -0.117. The summed E-state index contributed by atoms with van der Waals surface area (Å²) < 4.78 is 0. The Balaban J connectivity index is 2.26. The summed E-state index contributed by atoms with van der Waals surface area (Å²) in [5.41, 5.74) is 0. The second kappa shape index (κ2) is 3.57. The van der Waals surface area contributed by atoms with E-state index in [9.17, 15) is 0 Å². The first-order valence-corrected chi connectivity index (χ1v) is 4.08. The van der Waals surface area contributed by atoms with E-state index in [0.717, 1.165) is 26.2 Å². The summed E-state index contributed by atoms with van der Waals surface area (Å²) in [5, 5.41) is 10.7. The summed E-state index contributed by atoms with van der Waals surface area (Å²) in [5.74, 6) is 0. The maximum Gasteiger partial charge on any atom is 0.0500 e. The summed E-state index contributed by atoms with van der Waals surface area (Å²) in [4.78, 5) is 2.23. The molecule has 4 heteroatoms. The minimum Gasteiger partial charge on any atom is -0.314 e. The van der Waals surface area contributed by atoms with Crippen LogP contribution in [0.2, 0.25) is 0 Å². The number of nitrogens with zero attached hydrogens (tertiary/aromatic N) is 2. The largest absolute Gasteiger partial charge is 0.314 e. The van der Waals surface area contributed by atoms with Gasteiger partial charge in [-0.1, -0.05) is 0 Å². The highest BCUT2D eigenvalue weighted by Gasteiger charge is 2.16. The standard InChI is InChI=1S/C6H14N2OS/c1-6(10)7-2-4-8(9)5-3-7/h6,9-10H,2-5H2,1H3. The van der Waals surface area contributed by atoms with E-state index >= 15 is 0 Å². The van der Waals surface area contributed by atoms with Gasteiger partial charge in [0.1, 0.15) is 0 Å². The van der Waals surface area contributed by atoms with Gasteiger partial charge in [-0.15, -0.1) is 0 Å². The normalized spacial score (nSPS) is 26.7. The maximum absolute atomic E-state index is 8.99. The van der Waals surface area contributed by atoms with Gasteiger partial charge in [-0.3, -0.25) is 4.90 Å². The van der Waals surface area contributed by atoms with Crippen LogP contribution in [0, 0.1) is 0 Å². The molecule has 1 unspecified atom stereocenters. The zero-order valence-corrected chi connectivity index (χ0v) is 7.09. The third kappa shape index (κ3) is 2.12. The molecule has 1 rings (SSSR count). The predicted octanol–water partition coefficient (Wildman–Crippen LogP) is 0.269. The first-order chi connectivity index (χ1) is 4.70. The molecule has 0 aromatic rings. The van der Waals surface area contributed by atoms with Crippen LogP contribution in [-0.2, 0) is 0 Å². The van der Waals surface area contributed by atoms with Crippen molar-refractivity contribution in [1.29, 1.82) is 0 Å². The molecule has 1 fully saturated rings. The number of rotatable bonds is 1. The van der Waals surface area contributed by atoms with E-state index in [1.54, 1.807) is 0 Å². The Labute approximate surface area is 67.0 Å². The van der Waals surface area contributed by atoms with Crippen LogP contribution in [0.15, 0.2) is 0 Å². The van der Waals surface area contributed by atoms with E-state index in [4.69, 9.17) is 5.21 Å². The number of hydrogen-bond donors (Lipinski definition) is 2. The van der Waals surface area contributed by atoms with E-state index in [1.165, 1.54) is 5.06 Å². The smallest absolute Gasteiger partial charge is 0.0500 e. The van der Waals surface area contributed by atoms with Crippen LogP contribution in [-0.4, -0.2) is 46.7 Å². The molecule has 1 aliphatic heterocycles. The molecule has 0 aromatic carbocycles. The predicted molar refractivity (Wildman–Crippen MR) is 43.4 cm³/mol. The first kappa shape index (κ1) is 8.33. The number of piperazine rings is 1. The third-order valence-electron chi connectivity index (χ3n) is 1.82.